The van der Waals surface area contributed by atoms with E-state index >= 15 is 0 Å². The molecule has 0 aromatic heterocycles. The third-order valence-corrected chi connectivity index (χ3v) is 3.75. The van der Waals surface area contributed by atoms with Gasteiger partial charge in [0.1, 0.15) is 0 Å². The molecule has 0 saturated heterocycles. The quantitative estimate of drug-likeness (QED) is 0.398. The Bertz CT molecular complexity index is 229. The first-order valence-electron chi connectivity index (χ1n) is 8.59. The number of nitrogens with zero attached hydrogens (tertiary/aromatic N) is 1. The van der Waals surface area contributed by atoms with Crippen molar-refractivity contribution in [2.45, 2.75) is 84.5 Å². The summed E-state index contributed by atoms with van der Waals surface area (Å²) in [6.07, 6.45) is 13.8. The van der Waals surface area contributed by atoms with E-state index in [2.05, 4.69) is 19.3 Å². The molecule has 0 aromatic rings. The van der Waals surface area contributed by atoms with Gasteiger partial charge >= 0.3 is 0 Å². The minimum absolute atomic E-state index is 0.194. The van der Waals surface area contributed by atoms with Crippen LogP contribution in [-0.4, -0.2) is 25.0 Å². The lowest BCUT2D eigenvalue weighted by molar-refractivity contribution is -0.129. The Labute approximate surface area is 126 Å². The monoisotopic (exact) mass is 284 g/mol. The molecule has 120 valence electrons. The van der Waals surface area contributed by atoms with Gasteiger partial charge in [-0.25, -0.2) is 5.01 Å². The van der Waals surface area contributed by atoms with Crippen molar-refractivity contribution < 1.29 is 4.79 Å². The second-order valence-electron chi connectivity index (χ2n) is 6.12. The van der Waals surface area contributed by atoms with Gasteiger partial charge in [0.15, 0.2) is 0 Å². The van der Waals surface area contributed by atoms with Crippen LogP contribution in [0.15, 0.2) is 0 Å². The van der Waals surface area contributed by atoms with Crippen molar-refractivity contribution in [2.75, 3.05) is 14.1 Å². The Hall–Kier alpha value is -0.570. The molecule has 0 saturated carbocycles. The van der Waals surface area contributed by atoms with Gasteiger partial charge in [0.05, 0.1) is 0 Å². The maximum atomic E-state index is 12.0. The van der Waals surface area contributed by atoms with Crippen molar-refractivity contribution in [1.29, 1.82) is 0 Å². The van der Waals surface area contributed by atoms with Gasteiger partial charge < -0.3 is 0 Å². The number of rotatable bonds is 13. The molecule has 1 N–H and O–H groups in total. The lowest BCUT2D eigenvalue weighted by Crippen LogP contribution is -2.40. The average Bonchev–Trinajstić information content (AvgIpc) is 2.39. The molecule has 1 atom stereocenters. The molecule has 0 aliphatic carbocycles. The molecular weight excluding hydrogens is 248 g/mol. The summed E-state index contributed by atoms with van der Waals surface area (Å²) in [4.78, 5) is 12.0. The van der Waals surface area contributed by atoms with Gasteiger partial charge in [-0.2, -0.15) is 0 Å². The molecular formula is C17H36N2O. The van der Waals surface area contributed by atoms with Crippen LogP contribution in [-0.2, 0) is 4.79 Å². The van der Waals surface area contributed by atoms with Crippen LogP contribution in [0.25, 0.3) is 0 Å². The number of amides is 1. The van der Waals surface area contributed by atoms with Crippen molar-refractivity contribution in [3.05, 3.63) is 0 Å². The van der Waals surface area contributed by atoms with E-state index in [0.717, 1.165) is 19.3 Å². The van der Waals surface area contributed by atoms with E-state index < -0.39 is 0 Å². The first-order chi connectivity index (χ1) is 9.61. The van der Waals surface area contributed by atoms with Crippen molar-refractivity contribution in [2.24, 2.45) is 5.92 Å². The highest BCUT2D eigenvalue weighted by molar-refractivity contribution is 5.78. The summed E-state index contributed by atoms with van der Waals surface area (Å²) < 4.78 is 0. The molecule has 0 bridgehead atoms. The van der Waals surface area contributed by atoms with E-state index in [4.69, 9.17) is 0 Å². The molecule has 0 fully saturated rings. The number of unbranched alkanes of at least 4 members (excludes halogenated alkanes) is 7. The average molecular weight is 284 g/mol. The molecule has 3 heteroatoms. The molecule has 0 spiro atoms. The number of hydrazine groups is 1. The molecule has 0 aliphatic rings. The Balaban J connectivity index is 3.67. The Morgan fingerprint density at radius 3 is 1.90 bits per heavy atom. The highest BCUT2D eigenvalue weighted by Crippen LogP contribution is 2.17. The fourth-order valence-electron chi connectivity index (χ4n) is 2.59. The number of carbonyl (C=O) groups is 1. The minimum Gasteiger partial charge on any atom is -0.289 e. The van der Waals surface area contributed by atoms with Crippen LogP contribution in [0.3, 0.4) is 0 Å². The zero-order chi connectivity index (χ0) is 15.2. The van der Waals surface area contributed by atoms with Crippen molar-refractivity contribution in [3.8, 4) is 0 Å². The summed E-state index contributed by atoms with van der Waals surface area (Å²) >= 11 is 0. The van der Waals surface area contributed by atoms with Crippen molar-refractivity contribution >= 4 is 5.91 Å². The molecule has 20 heavy (non-hydrogen) atoms. The summed E-state index contributed by atoms with van der Waals surface area (Å²) in [6, 6.07) is 0. The first-order valence-corrected chi connectivity index (χ1v) is 8.59. The predicted molar refractivity (Wildman–Crippen MR) is 87.5 cm³/mol. The van der Waals surface area contributed by atoms with Gasteiger partial charge in [0.25, 0.3) is 0 Å². The lowest BCUT2D eigenvalue weighted by atomic mass is 9.95. The molecule has 3 nitrogen and oxygen atoms in total. The topological polar surface area (TPSA) is 32.3 Å². The van der Waals surface area contributed by atoms with Crippen LogP contribution in [0.4, 0.5) is 0 Å². The van der Waals surface area contributed by atoms with Crippen molar-refractivity contribution in [3.63, 3.8) is 0 Å². The van der Waals surface area contributed by atoms with Gasteiger partial charge in [-0.05, 0) is 12.8 Å². The maximum absolute atomic E-state index is 12.0. The molecule has 0 heterocycles. The third kappa shape index (κ3) is 11.3. The number of hydrogen-bond donors (Lipinski definition) is 1. The zero-order valence-electron chi connectivity index (χ0n) is 14.2. The van der Waals surface area contributed by atoms with Gasteiger partial charge in [-0.1, -0.05) is 71.6 Å². The first kappa shape index (κ1) is 19.4. The van der Waals surface area contributed by atoms with Crippen LogP contribution in [0.5, 0.6) is 0 Å². The van der Waals surface area contributed by atoms with E-state index in [0.29, 0.717) is 0 Å². The highest BCUT2D eigenvalue weighted by Gasteiger charge is 2.17. The molecule has 1 unspecified atom stereocenters. The maximum Gasteiger partial charge on any atom is 0.237 e. The molecule has 0 aliphatic heterocycles. The fourth-order valence-corrected chi connectivity index (χ4v) is 2.59. The highest BCUT2D eigenvalue weighted by atomic mass is 16.2. The standard InChI is InChI=1S/C17H36N2O/c1-5-7-8-9-10-11-12-13-15-16(14-6-2)17(20)18-19(3)4/h16H,5-15H2,1-4H3,(H,18,20). The Morgan fingerprint density at radius 2 is 1.40 bits per heavy atom. The number of carbonyl (C=O) groups excluding carboxylic acids is 1. The summed E-state index contributed by atoms with van der Waals surface area (Å²) in [5.74, 6) is 0.391. The summed E-state index contributed by atoms with van der Waals surface area (Å²) in [6.45, 7) is 4.41. The normalized spacial score (nSPS) is 12.7. The third-order valence-electron chi connectivity index (χ3n) is 3.75. The van der Waals surface area contributed by atoms with E-state index in [1.54, 1.807) is 5.01 Å². The SMILES string of the molecule is CCCCCCCCCCC(CCC)C(=O)NN(C)C. The zero-order valence-corrected chi connectivity index (χ0v) is 14.2. The van der Waals surface area contributed by atoms with E-state index in [1.807, 2.05) is 14.1 Å². The fraction of sp³-hybridized carbons (Fsp3) is 0.941. The van der Waals surface area contributed by atoms with Crippen LogP contribution >= 0.6 is 0 Å². The van der Waals surface area contributed by atoms with E-state index in [1.165, 1.54) is 51.4 Å². The summed E-state index contributed by atoms with van der Waals surface area (Å²) in [5.41, 5.74) is 2.90. The van der Waals surface area contributed by atoms with E-state index in [9.17, 15) is 4.79 Å². The Morgan fingerprint density at radius 1 is 0.850 bits per heavy atom. The van der Waals surface area contributed by atoms with Crippen LogP contribution in [0, 0.1) is 5.92 Å². The molecule has 1 amide bonds. The summed E-state index contributed by atoms with van der Waals surface area (Å²) in [7, 11) is 3.74. The smallest absolute Gasteiger partial charge is 0.237 e. The second kappa shape index (κ2) is 13.4. The van der Waals surface area contributed by atoms with Gasteiger partial charge in [-0.3, -0.25) is 10.2 Å². The molecule has 0 aromatic carbocycles. The largest absolute Gasteiger partial charge is 0.289 e. The van der Waals surface area contributed by atoms with Crippen molar-refractivity contribution in [1.82, 2.24) is 10.4 Å². The van der Waals surface area contributed by atoms with Gasteiger partial charge in [-0.15, -0.1) is 0 Å². The van der Waals surface area contributed by atoms with Crippen LogP contribution < -0.4 is 5.43 Å². The number of nitrogens with one attached hydrogen (secondary N) is 1. The van der Waals surface area contributed by atoms with E-state index in [-0.39, 0.29) is 11.8 Å². The lowest BCUT2D eigenvalue weighted by Gasteiger charge is -2.19. The van der Waals surface area contributed by atoms with Gasteiger partial charge in [0, 0.05) is 20.0 Å². The minimum atomic E-state index is 0.194. The second-order valence-corrected chi connectivity index (χ2v) is 6.12. The van der Waals surface area contributed by atoms with Crippen LogP contribution in [0.2, 0.25) is 0 Å². The van der Waals surface area contributed by atoms with Gasteiger partial charge in [0.2, 0.25) is 5.91 Å². The molecule has 0 radical (unpaired) electrons. The number of hydrogen-bond acceptors (Lipinski definition) is 2. The summed E-state index contributed by atoms with van der Waals surface area (Å²) in [5, 5.41) is 1.75. The Kier molecular flexibility index (Phi) is 13.0. The molecule has 0 rings (SSSR count). The van der Waals surface area contributed by atoms with Crippen LogP contribution in [0.1, 0.15) is 84.5 Å². The predicted octanol–water partition coefficient (Wildman–Crippen LogP) is 4.53.